The minimum atomic E-state index is -0.856. The lowest BCUT2D eigenvalue weighted by Crippen LogP contribution is -2.09. The van der Waals surface area contributed by atoms with Crippen molar-refractivity contribution in [2.75, 3.05) is 0 Å². The first-order valence-corrected chi connectivity index (χ1v) is 9.95. The fraction of sp³-hybridized carbons (Fsp3) is 0.333. The van der Waals surface area contributed by atoms with E-state index in [-0.39, 0.29) is 18.4 Å². The van der Waals surface area contributed by atoms with Crippen LogP contribution in [0.4, 0.5) is 0 Å². The zero-order valence-corrected chi connectivity index (χ0v) is 16.8. The van der Waals surface area contributed by atoms with Gasteiger partial charge in [-0.25, -0.2) is 0 Å². The van der Waals surface area contributed by atoms with Crippen LogP contribution in [0, 0.1) is 11.8 Å². The maximum Gasteiger partial charge on any atom is 0.304 e. The molecule has 0 saturated heterocycles. The van der Waals surface area contributed by atoms with Crippen molar-refractivity contribution >= 4 is 16.9 Å². The average molecular weight is 390 g/mol. The minimum Gasteiger partial charge on any atom is -0.486 e. The Labute approximate surface area is 171 Å². The number of carbonyl (C=O) groups is 1. The molecule has 0 bridgehead atoms. The van der Waals surface area contributed by atoms with E-state index in [0.717, 1.165) is 47.0 Å². The third-order valence-electron chi connectivity index (χ3n) is 4.94. The van der Waals surface area contributed by atoms with Gasteiger partial charge in [-0.2, -0.15) is 5.10 Å². The van der Waals surface area contributed by atoms with Gasteiger partial charge < -0.3 is 9.84 Å². The van der Waals surface area contributed by atoms with Crippen molar-refractivity contribution in [2.24, 2.45) is 0 Å². The van der Waals surface area contributed by atoms with E-state index in [0.29, 0.717) is 0 Å². The number of nitrogens with one attached hydrogen (secondary N) is 1. The van der Waals surface area contributed by atoms with Crippen LogP contribution in [-0.2, 0) is 4.79 Å². The molecular weight excluding hydrogens is 364 g/mol. The highest BCUT2D eigenvalue weighted by atomic mass is 16.5. The molecule has 1 heterocycles. The van der Waals surface area contributed by atoms with Gasteiger partial charge in [0.25, 0.3) is 0 Å². The molecule has 0 amide bonds. The van der Waals surface area contributed by atoms with E-state index in [1.54, 1.807) is 6.92 Å². The quantitative estimate of drug-likeness (QED) is 0.476. The molecular formula is C24H26N2O3. The molecule has 0 aliphatic carbocycles. The Balaban J connectivity index is 1.83. The number of carboxylic acids is 1. The number of carboxylic acid groups (broad SMARTS) is 1. The van der Waals surface area contributed by atoms with Crippen LogP contribution in [0.25, 0.3) is 10.9 Å². The summed E-state index contributed by atoms with van der Waals surface area (Å²) in [5.74, 6) is 5.39. The molecule has 0 saturated carbocycles. The SMILES string of the molecule is CC#CC(CC(=O)O)c1ccc(O[C@@H](CCCC)c2cccc3[nH]ncc23)cc1. The summed E-state index contributed by atoms with van der Waals surface area (Å²) in [5.41, 5.74) is 3.00. The average Bonchev–Trinajstić information content (AvgIpc) is 3.20. The third-order valence-corrected chi connectivity index (χ3v) is 4.94. The van der Waals surface area contributed by atoms with E-state index < -0.39 is 5.97 Å². The summed E-state index contributed by atoms with van der Waals surface area (Å²) < 4.78 is 6.36. The van der Waals surface area contributed by atoms with Gasteiger partial charge in [-0.15, -0.1) is 5.92 Å². The van der Waals surface area contributed by atoms with Crippen LogP contribution in [0.1, 0.15) is 62.7 Å². The first kappa shape index (κ1) is 20.5. The third kappa shape index (κ3) is 5.17. The number of nitrogens with zero attached hydrogens (tertiary/aromatic N) is 1. The van der Waals surface area contributed by atoms with Crippen molar-refractivity contribution < 1.29 is 14.6 Å². The summed E-state index contributed by atoms with van der Waals surface area (Å²) in [6, 6.07) is 13.7. The van der Waals surface area contributed by atoms with Gasteiger partial charge in [0.05, 0.1) is 24.1 Å². The van der Waals surface area contributed by atoms with Crippen molar-refractivity contribution in [1.82, 2.24) is 10.2 Å². The molecule has 1 aromatic heterocycles. The number of benzene rings is 2. The fourth-order valence-electron chi connectivity index (χ4n) is 3.48. The normalized spacial score (nSPS) is 12.8. The van der Waals surface area contributed by atoms with Gasteiger partial charge in [0.15, 0.2) is 0 Å². The zero-order chi connectivity index (χ0) is 20.6. The van der Waals surface area contributed by atoms with E-state index in [9.17, 15) is 4.79 Å². The summed E-state index contributed by atoms with van der Waals surface area (Å²) in [6.07, 6.45) is 4.81. The summed E-state index contributed by atoms with van der Waals surface area (Å²) in [7, 11) is 0. The van der Waals surface area contributed by atoms with E-state index in [4.69, 9.17) is 9.84 Å². The lowest BCUT2D eigenvalue weighted by molar-refractivity contribution is -0.137. The molecule has 0 spiro atoms. The number of hydrogen-bond acceptors (Lipinski definition) is 3. The number of aliphatic carboxylic acids is 1. The molecule has 2 N–H and O–H groups in total. The molecule has 2 atom stereocenters. The molecule has 29 heavy (non-hydrogen) atoms. The number of fused-ring (bicyclic) bond motifs is 1. The Morgan fingerprint density at radius 1 is 1.24 bits per heavy atom. The van der Waals surface area contributed by atoms with Crippen molar-refractivity contribution in [2.45, 2.75) is 51.6 Å². The summed E-state index contributed by atoms with van der Waals surface area (Å²) in [4.78, 5) is 11.1. The Morgan fingerprint density at radius 2 is 2.03 bits per heavy atom. The number of hydrogen-bond donors (Lipinski definition) is 2. The van der Waals surface area contributed by atoms with Crippen LogP contribution in [0.3, 0.4) is 0 Å². The highest BCUT2D eigenvalue weighted by Gasteiger charge is 2.18. The van der Waals surface area contributed by atoms with Crippen LogP contribution in [0.5, 0.6) is 5.75 Å². The van der Waals surface area contributed by atoms with E-state index in [2.05, 4.69) is 35.0 Å². The molecule has 2 aromatic carbocycles. The van der Waals surface area contributed by atoms with E-state index >= 15 is 0 Å². The number of rotatable bonds is 9. The number of aromatic nitrogens is 2. The van der Waals surface area contributed by atoms with Gasteiger partial charge in [0.1, 0.15) is 11.9 Å². The fourth-order valence-corrected chi connectivity index (χ4v) is 3.48. The van der Waals surface area contributed by atoms with Crippen LogP contribution in [0.15, 0.2) is 48.7 Å². The summed E-state index contributed by atoms with van der Waals surface area (Å²) in [5, 5.41) is 17.4. The largest absolute Gasteiger partial charge is 0.486 e. The Kier molecular flexibility index (Phi) is 6.91. The second kappa shape index (κ2) is 9.79. The lowest BCUT2D eigenvalue weighted by atomic mass is 9.96. The second-order valence-corrected chi connectivity index (χ2v) is 7.04. The maximum absolute atomic E-state index is 11.1. The van der Waals surface area contributed by atoms with Crippen LogP contribution in [0.2, 0.25) is 0 Å². The van der Waals surface area contributed by atoms with Gasteiger partial charge in [-0.1, -0.05) is 43.5 Å². The Bertz CT molecular complexity index is 1010. The molecule has 0 aliphatic heterocycles. The van der Waals surface area contributed by atoms with Crippen molar-refractivity contribution in [3.63, 3.8) is 0 Å². The number of unbranched alkanes of at least 4 members (excludes halogenated alkanes) is 1. The highest BCUT2D eigenvalue weighted by molar-refractivity contribution is 5.82. The Morgan fingerprint density at radius 3 is 2.72 bits per heavy atom. The second-order valence-electron chi connectivity index (χ2n) is 7.04. The minimum absolute atomic E-state index is 0.0113. The molecule has 5 heteroatoms. The Hall–Kier alpha value is -3.26. The maximum atomic E-state index is 11.1. The smallest absolute Gasteiger partial charge is 0.304 e. The first-order chi connectivity index (χ1) is 14.1. The molecule has 0 fully saturated rings. The van der Waals surface area contributed by atoms with Crippen molar-refractivity contribution in [1.29, 1.82) is 0 Å². The van der Waals surface area contributed by atoms with Gasteiger partial charge in [0.2, 0.25) is 0 Å². The molecule has 3 aromatic rings. The van der Waals surface area contributed by atoms with Gasteiger partial charge >= 0.3 is 5.97 Å². The predicted octanol–water partition coefficient (Wildman–Crippen LogP) is 5.45. The standard InChI is InChI=1S/C24H26N2O3/c1-3-5-10-23(20-8-6-9-22-21(20)16-25-26-22)29-19-13-11-17(12-14-19)18(7-4-2)15-24(27)28/h6,8-9,11-14,16,18,23H,3,5,10,15H2,1-2H3,(H,25,26)(H,27,28)/t18?,23-/m0/s1. The summed E-state index contributed by atoms with van der Waals surface area (Å²) >= 11 is 0. The topological polar surface area (TPSA) is 75.2 Å². The van der Waals surface area contributed by atoms with Crippen molar-refractivity contribution in [3.8, 4) is 17.6 Å². The molecule has 0 aliphatic rings. The van der Waals surface area contributed by atoms with Crippen LogP contribution in [-0.4, -0.2) is 21.3 Å². The highest BCUT2D eigenvalue weighted by Crippen LogP contribution is 2.32. The first-order valence-electron chi connectivity index (χ1n) is 9.95. The summed E-state index contributed by atoms with van der Waals surface area (Å²) in [6.45, 7) is 3.89. The molecule has 1 unspecified atom stereocenters. The lowest BCUT2D eigenvalue weighted by Gasteiger charge is -2.21. The van der Waals surface area contributed by atoms with E-state index in [1.165, 1.54) is 0 Å². The van der Waals surface area contributed by atoms with Gasteiger partial charge in [-0.05, 0) is 43.5 Å². The molecule has 0 radical (unpaired) electrons. The van der Waals surface area contributed by atoms with E-state index in [1.807, 2.05) is 42.6 Å². The molecule has 3 rings (SSSR count). The number of H-pyrrole nitrogens is 1. The van der Waals surface area contributed by atoms with Gasteiger partial charge in [0, 0.05) is 10.9 Å². The number of aromatic amines is 1. The molecule has 150 valence electrons. The van der Waals surface area contributed by atoms with Crippen LogP contribution >= 0.6 is 0 Å². The predicted molar refractivity (Wildman–Crippen MR) is 114 cm³/mol. The molecule has 5 nitrogen and oxygen atoms in total. The van der Waals surface area contributed by atoms with Crippen LogP contribution < -0.4 is 4.74 Å². The zero-order valence-electron chi connectivity index (χ0n) is 16.8. The monoisotopic (exact) mass is 390 g/mol. The van der Waals surface area contributed by atoms with Crippen molar-refractivity contribution in [3.05, 3.63) is 59.8 Å². The van der Waals surface area contributed by atoms with Gasteiger partial charge in [-0.3, -0.25) is 9.89 Å². The number of ether oxygens (including phenoxy) is 1.